The Morgan fingerprint density at radius 2 is 2.12 bits per heavy atom. The summed E-state index contributed by atoms with van der Waals surface area (Å²) in [6.45, 7) is 5.64. The van der Waals surface area contributed by atoms with Crippen molar-refractivity contribution in [1.29, 1.82) is 0 Å². The van der Waals surface area contributed by atoms with Crippen LogP contribution in [0.3, 0.4) is 0 Å². The molecule has 1 spiro atoms. The molecule has 0 aromatic heterocycles. The molecule has 0 radical (unpaired) electrons. The van der Waals surface area contributed by atoms with Crippen LogP contribution < -0.4 is 5.32 Å². The molecule has 1 unspecified atom stereocenters. The predicted molar refractivity (Wildman–Crippen MR) is 57.6 cm³/mol. The van der Waals surface area contributed by atoms with Crippen LogP contribution in [0.1, 0.15) is 26.2 Å². The van der Waals surface area contributed by atoms with Gasteiger partial charge in [-0.2, -0.15) is 0 Å². The molecule has 5 heteroatoms. The number of rotatable bonds is 2. The van der Waals surface area contributed by atoms with Crippen LogP contribution in [-0.4, -0.2) is 49.3 Å². The third kappa shape index (κ3) is 2.52. The Bertz CT molecular complexity index is 230. The fourth-order valence-electron chi connectivity index (χ4n) is 2.54. The molecule has 0 aromatic carbocycles. The van der Waals surface area contributed by atoms with Crippen molar-refractivity contribution in [1.82, 2.24) is 10.2 Å². The van der Waals surface area contributed by atoms with Crippen molar-refractivity contribution in [3.63, 3.8) is 0 Å². The molecule has 0 aliphatic carbocycles. The Kier molecular flexibility index (Phi) is 3.77. The number of nitrogens with zero attached hydrogens (tertiary/aromatic N) is 1. The van der Waals surface area contributed by atoms with E-state index in [9.17, 15) is 8.78 Å². The molecular weight excluding hydrogens is 214 g/mol. The van der Waals surface area contributed by atoms with Gasteiger partial charge in [-0.3, -0.25) is 5.32 Å². The van der Waals surface area contributed by atoms with Gasteiger partial charge >= 0.3 is 0 Å². The van der Waals surface area contributed by atoms with E-state index in [0.717, 1.165) is 32.5 Å². The lowest BCUT2D eigenvalue weighted by Crippen LogP contribution is -2.60. The molecule has 2 aliphatic rings. The average molecular weight is 234 g/mol. The molecule has 3 nitrogen and oxygen atoms in total. The number of ether oxygens (including phenoxy) is 1. The van der Waals surface area contributed by atoms with E-state index < -0.39 is 18.3 Å². The van der Waals surface area contributed by atoms with Gasteiger partial charge in [0, 0.05) is 32.5 Å². The number of piperidine rings is 1. The van der Waals surface area contributed by atoms with Gasteiger partial charge in [-0.05, 0) is 13.0 Å². The molecule has 1 atom stereocenters. The zero-order valence-electron chi connectivity index (χ0n) is 9.72. The van der Waals surface area contributed by atoms with Crippen LogP contribution in [0.5, 0.6) is 0 Å². The number of alkyl halides is 2. The van der Waals surface area contributed by atoms with E-state index in [-0.39, 0.29) is 0 Å². The molecule has 2 rings (SSSR count). The van der Waals surface area contributed by atoms with E-state index in [1.54, 1.807) is 0 Å². The topological polar surface area (TPSA) is 24.5 Å². The summed E-state index contributed by atoms with van der Waals surface area (Å²) in [4.78, 5) is 2.32. The lowest BCUT2D eigenvalue weighted by molar-refractivity contribution is -0.200. The summed E-state index contributed by atoms with van der Waals surface area (Å²) in [5.74, 6) is 0. The number of halogens is 2. The van der Waals surface area contributed by atoms with Crippen molar-refractivity contribution < 1.29 is 13.5 Å². The average Bonchev–Trinajstić information content (AvgIpc) is 2.30. The summed E-state index contributed by atoms with van der Waals surface area (Å²) >= 11 is 0. The first-order valence-corrected chi connectivity index (χ1v) is 6.08. The number of nitrogens with one attached hydrogen (secondary N) is 1. The Labute approximate surface area is 95.1 Å². The Balaban J connectivity index is 1.93. The van der Waals surface area contributed by atoms with Crippen molar-refractivity contribution in [2.75, 3.05) is 26.2 Å². The smallest absolute Gasteiger partial charge is 0.264 e. The van der Waals surface area contributed by atoms with Gasteiger partial charge in [0.1, 0.15) is 11.8 Å². The third-order valence-electron chi connectivity index (χ3n) is 3.64. The van der Waals surface area contributed by atoms with Crippen LogP contribution in [-0.2, 0) is 4.74 Å². The molecule has 2 saturated heterocycles. The van der Waals surface area contributed by atoms with Crippen LogP contribution in [0.25, 0.3) is 0 Å². The minimum absolute atomic E-state index is 0.414. The molecule has 94 valence electrons. The molecule has 0 bridgehead atoms. The zero-order valence-corrected chi connectivity index (χ0v) is 9.72. The van der Waals surface area contributed by atoms with Crippen molar-refractivity contribution in [2.24, 2.45) is 0 Å². The van der Waals surface area contributed by atoms with Crippen molar-refractivity contribution in [3.05, 3.63) is 0 Å². The standard InChI is InChI=1S/C11H20F2N2O/c1-2-15-7-4-11(5-8-15)14-6-3-9(16-11)10(12)13/h9-10,14H,2-8H2,1H3. The van der Waals surface area contributed by atoms with E-state index >= 15 is 0 Å². The third-order valence-corrected chi connectivity index (χ3v) is 3.64. The van der Waals surface area contributed by atoms with Crippen molar-refractivity contribution >= 4 is 0 Å². The van der Waals surface area contributed by atoms with Crippen LogP contribution >= 0.6 is 0 Å². The highest BCUT2D eigenvalue weighted by Crippen LogP contribution is 2.30. The van der Waals surface area contributed by atoms with E-state index in [1.165, 1.54) is 0 Å². The van der Waals surface area contributed by atoms with Gasteiger partial charge in [-0.25, -0.2) is 8.78 Å². The monoisotopic (exact) mass is 234 g/mol. The second kappa shape index (κ2) is 4.94. The predicted octanol–water partition coefficient (Wildman–Crippen LogP) is 1.44. The fraction of sp³-hybridized carbons (Fsp3) is 1.00. The number of hydrogen-bond acceptors (Lipinski definition) is 3. The Hall–Kier alpha value is -0.260. The van der Waals surface area contributed by atoms with Gasteiger partial charge < -0.3 is 9.64 Å². The lowest BCUT2D eigenvalue weighted by Gasteiger charge is -2.46. The maximum Gasteiger partial charge on any atom is 0.264 e. The second-order valence-corrected chi connectivity index (χ2v) is 4.63. The van der Waals surface area contributed by atoms with Gasteiger partial charge in [0.05, 0.1) is 0 Å². The molecule has 2 heterocycles. The molecule has 16 heavy (non-hydrogen) atoms. The summed E-state index contributed by atoms with van der Waals surface area (Å²) in [5, 5.41) is 3.28. The summed E-state index contributed by atoms with van der Waals surface area (Å²) < 4.78 is 30.9. The summed E-state index contributed by atoms with van der Waals surface area (Å²) in [7, 11) is 0. The molecule has 1 N–H and O–H groups in total. The summed E-state index contributed by atoms with van der Waals surface area (Å²) in [5.41, 5.74) is -0.481. The van der Waals surface area contributed by atoms with Gasteiger partial charge in [-0.1, -0.05) is 6.92 Å². The molecular formula is C11H20F2N2O. The molecule has 2 aliphatic heterocycles. The lowest BCUT2D eigenvalue weighted by atomic mass is 9.97. The molecule has 0 saturated carbocycles. The zero-order chi connectivity index (χ0) is 11.6. The summed E-state index contributed by atoms with van der Waals surface area (Å²) in [6, 6.07) is 0. The second-order valence-electron chi connectivity index (χ2n) is 4.63. The van der Waals surface area contributed by atoms with Gasteiger partial charge in [0.25, 0.3) is 6.43 Å². The number of likely N-dealkylation sites (tertiary alicyclic amines) is 1. The highest BCUT2D eigenvalue weighted by atomic mass is 19.3. The maximum atomic E-state index is 12.6. The van der Waals surface area contributed by atoms with Crippen molar-refractivity contribution in [3.8, 4) is 0 Å². The quantitative estimate of drug-likeness (QED) is 0.782. The van der Waals surface area contributed by atoms with E-state index in [2.05, 4.69) is 17.1 Å². The van der Waals surface area contributed by atoms with Gasteiger partial charge in [-0.15, -0.1) is 0 Å². The van der Waals surface area contributed by atoms with E-state index in [4.69, 9.17) is 4.74 Å². The molecule has 2 fully saturated rings. The van der Waals surface area contributed by atoms with Crippen LogP contribution in [0.15, 0.2) is 0 Å². The first-order valence-electron chi connectivity index (χ1n) is 6.08. The molecule has 0 amide bonds. The summed E-state index contributed by atoms with van der Waals surface area (Å²) in [6.07, 6.45) is -1.21. The highest BCUT2D eigenvalue weighted by molar-refractivity contribution is 4.90. The maximum absolute atomic E-state index is 12.6. The van der Waals surface area contributed by atoms with Crippen molar-refractivity contribution in [2.45, 2.75) is 44.4 Å². The first-order chi connectivity index (χ1) is 7.65. The minimum Gasteiger partial charge on any atom is -0.351 e. The Morgan fingerprint density at radius 3 is 2.69 bits per heavy atom. The largest absolute Gasteiger partial charge is 0.351 e. The van der Waals surface area contributed by atoms with Gasteiger partial charge in [0.15, 0.2) is 0 Å². The first kappa shape index (κ1) is 12.2. The van der Waals surface area contributed by atoms with E-state index in [1.807, 2.05) is 0 Å². The fourth-order valence-corrected chi connectivity index (χ4v) is 2.54. The van der Waals surface area contributed by atoms with Crippen LogP contribution in [0, 0.1) is 0 Å². The highest BCUT2D eigenvalue weighted by Gasteiger charge is 2.41. The normalized spacial score (nSPS) is 31.1. The molecule has 0 aromatic rings. The SMILES string of the molecule is CCN1CCC2(CC1)NCCC(C(F)F)O2. The van der Waals surface area contributed by atoms with E-state index in [0.29, 0.717) is 13.0 Å². The number of hydrogen-bond donors (Lipinski definition) is 1. The minimum atomic E-state index is -2.36. The van der Waals surface area contributed by atoms with Gasteiger partial charge in [0.2, 0.25) is 0 Å². The van der Waals surface area contributed by atoms with Crippen LogP contribution in [0.4, 0.5) is 8.78 Å². The Morgan fingerprint density at radius 1 is 1.44 bits per heavy atom. The van der Waals surface area contributed by atoms with Crippen LogP contribution in [0.2, 0.25) is 0 Å².